The Kier molecular flexibility index (Phi) is 9.96. The lowest BCUT2D eigenvalue weighted by atomic mass is 10.2. The van der Waals surface area contributed by atoms with E-state index in [0.717, 1.165) is 23.5 Å². The first-order chi connectivity index (χ1) is 12.0. The first kappa shape index (κ1) is 21.3. The Morgan fingerprint density at radius 3 is 2.28 bits per heavy atom. The Balaban J connectivity index is 0.000000970. The van der Waals surface area contributed by atoms with Gasteiger partial charge in [-0.2, -0.15) is 0 Å². The number of hydrogen-bond acceptors (Lipinski definition) is 4. The molecule has 138 valence electrons. The van der Waals surface area contributed by atoms with E-state index in [1.54, 1.807) is 11.9 Å². The lowest BCUT2D eigenvalue weighted by Gasteiger charge is -2.14. The van der Waals surface area contributed by atoms with Crippen LogP contribution < -0.4 is 9.46 Å². The second-order valence-corrected chi connectivity index (χ2v) is 6.63. The van der Waals surface area contributed by atoms with Gasteiger partial charge >= 0.3 is 0 Å². The summed E-state index contributed by atoms with van der Waals surface area (Å²) in [6.45, 7) is 4.03. The molecule has 0 spiro atoms. The van der Waals surface area contributed by atoms with Crippen LogP contribution in [-0.4, -0.2) is 39.1 Å². The van der Waals surface area contributed by atoms with Crippen molar-refractivity contribution in [1.29, 1.82) is 0 Å². The predicted molar refractivity (Wildman–Crippen MR) is 103 cm³/mol. The van der Waals surface area contributed by atoms with Crippen molar-refractivity contribution in [3.8, 4) is 5.75 Å². The third-order valence-electron chi connectivity index (χ3n) is 3.29. The lowest BCUT2D eigenvalue weighted by Crippen LogP contribution is -2.19. The zero-order valence-corrected chi connectivity index (χ0v) is 16.0. The number of anilines is 1. The van der Waals surface area contributed by atoms with Gasteiger partial charge in [0.1, 0.15) is 12.4 Å². The molecule has 0 fully saturated rings. The number of hydrogen-bond donors (Lipinski definition) is 1. The summed E-state index contributed by atoms with van der Waals surface area (Å²) in [5.41, 5.74) is 3.48. The van der Waals surface area contributed by atoms with Crippen molar-refractivity contribution >= 4 is 17.6 Å². The van der Waals surface area contributed by atoms with Gasteiger partial charge in [-0.15, -0.1) is 0 Å². The monoisotopic (exact) mass is 368 g/mol. The normalized spacial score (nSPS) is 10.2. The number of aryl methyl sites for hydroxylation is 2. The van der Waals surface area contributed by atoms with Crippen LogP contribution in [0.15, 0.2) is 47.4 Å². The number of halogens is 2. The number of nitrogens with zero attached hydrogens (tertiary/aromatic N) is 1. The molecule has 0 aromatic heterocycles. The summed E-state index contributed by atoms with van der Waals surface area (Å²) in [5.74, 6) is 0.941. The highest BCUT2D eigenvalue weighted by molar-refractivity contribution is 8.00. The van der Waals surface area contributed by atoms with Gasteiger partial charge in [0.25, 0.3) is 0 Å². The highest BCUT2D eigenvalue weighted by atomic mass is 32.2. The average Bonchev–Trinajstić information content (AvgIpc) is 2.57. The minimum Gasteiger partial charge on any atom is -0.492 e. The van der Waals surface area contributed by atoms with Crippen molar-refractivity contribution in [2.75, 3.05) is 38.9 Å². The van der Waals surface area contributed by atoms with Crippen LogP contribution in [0.1, 0.15) is 11.1 Å². The van der Waals surface area contributed by atoms with Crippen LogP contribution in [0, 0.1) is 13.8 Å². The van der Waals surface area contributed by atoms with Gasteiger partial charge in [0, 0.05) is 23.2 Å². The molecule has 2 rings (SSSR count). The molecule has 3 nitrogen and oxygen atoms in total. The summed E-state index contributed by atoms with van der Waals surface area (Å²) in [6, 6.07) is 14.7. The van der Waals surface area contributed by atoms with E-state index in [0.29, 0.717) is 6.61 Å². The molecule has 0 amide bonds. The molecular weight excluding hydrogens is 342 g/mol. The van der Waals surface area contributed by atoms with Crippen LogP contribution in [0.25, 0.3) is 0 Å². The molecule has 0 aliphatic heterocycles. The van der Waals surface area contributed by atoms with Crippen molar-refractivity contribution in [2.24, 2.45) is 0 Å². The van der Waals surface area contributed by atoms with Gasteiger partial charge in [0.2, 0.25) is 6.93 Å². The Morgan fingerprint density at radius 1 is 1.04 bits per heavy atom. The van der Waals surface area contributed by atoms with Gasteiger partial charge < -0.3 is 14.4 Å². The molecule has 0 aliphatic rings. The van der Waals surface area contributed by atoms with Gasteiger partial charge in [-0.25, -0.2) is 8.78 Å². The number of benzene rings is 2. The molecule has 6 heteroatoms. The Bertz CT molecular complexity index is 621. The fraction of sp³-hybridized carbons (Fsp3) is 0.368. The van der Waals surface area contributed by atoms with E-state index >= 15 is 0 Å². The third kappa shape index (κ3) is 8.74. The number of likely N-dealkylation sites (N-methyl/N-ethyl adjacent to an activating group) is 1. The van der Waals surface area contributed by atoms with Crippen LogP contribution in [-0.2, 0) is 0 Å². The van der Waals surface area contributed by atoms with E-state index in [2.05, 4.69) is 65.9 Å². The highest BCUT2D eigenvalue weighted by Crippen LogP contribution is 2.27. The molecule has 0 saturated carbocycles. The minimum atomic E-state index is -1.75. The zero-order valence-electron chi connectivity index (χ0n) is 15.2. The van der Waals surface area contributed by atoms with E-state index < -0.39 is 6.93 Å². The van der Waals surface area contributed by atoms with E-state index in [1.165, 1.54) is 10.5 Å². The maximum absolute atomic E-state index is 9.62. The van der Waals surface area contributed by atoms with Gasteiger partial charge in [0.15, 0.2) is 0 Å². The predicted octanol–water partition coefficient (Wildman–Crippen LogP) is 5.25. The molecule has 2 aromatic rings. The van der Waals surface area contributed by atoms with E-state index in [-0.39, 0.29) is 0 Å². The van der Waals surface area contributed by atoms with Crippen LogP contribution in [0.4, 0.5) is 14.5 Å². The number of rotatable bonds is 7. The third-order valence-corrected chi connectivity index (χ3v) is 4.14. The summed E-state index contributed by atoms with van der Waals surface area (Å²) in [7, 11) is 4.10. The maximum atomic E-state index is 9.62. The number of nitrogens with one attached hydrogen (secondary N) is 1. The largest absolute Gasteiger partial charge is 0.492 e. The fourth-order valence-electron chi connectivity index (χ4n) is 1.88. The average molecular weight is 368 g/mol. The van der Waals surface area contributed by atoms with Crippen molar-refractivity contribution in [2.45, 2.75) is 18.7 Å². The fourth-order valence-corrected chi connectivity index (χ4v) is 2.52. The van der Waals surface area contributed by atoms with Gasteiger partial charge in [-0.05, 0) is 63.7 Å². The van der Waals surface area contributed by atoms with Crippen LogP contribution >= 0.6 is 11.9 Å². The number of ether oxygens (including phenoxy) is 1. The highest BCUT2D eigenvalue weighted by Gasteiger charge is 2.03. The van der Waals surface area contributed by atoms with Crippen molar-refractivity contribution in [1.82, 2.24) is 4.90 Å². The zero-order chi connectivity index (χ0) is 18.7. The smallest absolute Gasteiger partial charge is 0.229 e. The standard InChI is InChI=1S/C18H24N2OS.CH2F2/c1-14-5-9-17(10-6-14)22-19-16-8-7-15(2)18(13-16)21-12-11-20(3)4;2-1-3/h5-10,13,19H,11-12H2,1-4H3;1H2. The summed E-state index contributed by atoms with van der Waals surface area (Å²) in [4.78, 5) is 3.31. The van der Waals surface area contributed by atoms with Crippen LogP contribution in [0.3, 0.4) is 0 Å². The van der Waals surface area contributed by atoms with Crippen LogP contribution in [0.2, 0.25) is 0 Å². The Hall–Kier alpha value is -1.79. The van der Waals surface area contributed by atoms with E-state index in [4.69, 9.17) is 4.74 Å². The summed E-state index contributed by atoms with van der Waals surface area (Å²) in [5, 5.41) is 0. The summed E-state index contributed by atoms with van der Waals surface area (Å²) >= 11 is 1.61. The van der Waals surface area contributed by atoms with Gasteiger partial charge in [-0.1, -0.05) is 23.8 Å². The minimum absolute atomic E-state index is 0.697. The molecule has 25 heavy (non-hydrogen) atoms. The summed E-state index contributed by atoms with van der Waals surface area (Å²) in [6.07, 6.45) is 0. The van der Waals surface area contributed by atoms with Gasteiger partial charge in [-0.3, -0.25) is 0 Å². The van der Waals surface area contributed by atoms with E-state index in [1.807, 2.05) is 14.1 Å². The number of alkyl halides is 2. The maximum Gasteiger partial charge on any atom is 0.229 e. The molecule has 0 heterocycles. The second kappa shape index (κ2) is 11.7. The van der Waals surface area contributed by atoms with Crippen LogP contribution in [0.5, 0.6) is 5.75 Å². The van der Waals surface area contributed by atoms with Gasteiger partial charge in [0.05, 0.1) is 0 Å². The molecule has 0 unspecified atom stereocenters. The first-order valence-electron chi connectivity index (χ1n) is 7.96. The molecule has 0 bridgehead atoms. The Labute approximate surface area is 153 Å². The van der Waals surface area contributed by atoms with Crippen molar-refractivity contribution < 1.29 is 13.5 Å². The SMILES string of the molecule is Cc1ccc(SNc2ccc(C)c(OCCN(C)C)c2)cc1.FCF. The van der Waals surface area contributed by atoms with Crippen molar-refractivity contribution in [3.05, 3.63) is 53.6 Å². The van der Waals surface area contributed by atoms with E-state index in [9.17, 15) is 8.78 Å². The topological polar surface area (TPSA) is 24.5 Å². The molecule has 0 aliphatic carbocycles. The second-order valence-electron chi connectivity index (χ2n) is 5.75. The molecule has 0 saturated heterocycles. The molecular formula is C19H26F2N2OS. The molecule has 1 N–H and O–H groups in total. The summed E-state index contributed by atoms with van der Waals surface area (Å²) < 4.78 is 28.5. The lowest BCUT2D eigenvalue weighted by molar-refractivity contribution is 0.260. The molecule has 2 aromatic carbocycles. The van der Waals surface area contributed by atoms with Crippen molar-refractivity contribution in [3.63, 3.8) is 0 Å². The Morgan fingerprint density at radius 2 is 1.68 bits per heavy atom. The molecule has 0 atom stereocenters. The quantitative estimate of drug-likeness (QED) is 0.675. The first-order valence-corrected chi connectivity index (χ1v) is 8.77. The molecule has 0 radical (unpaired) electrons.